The second-order valence-corrected chi connectivity index (χ2v) is 6.73. The number of carbonyl (C=O) groups is 1. The first-order valence-electron chi connectivity index (χ1n) is 10.2. The normalized spacial score (nSPS) is 11.8. The summed E-state index contributed by atoms with van der Waals surface area (Å²) in [7, 11) is 0. The Morgan fingerprint density at radius 1 is 0.893 bits per heavy atom. The van der Waals surface area contributed by atoms with Gasteiger partial charge in [-0.15, -0.1) is 0 Å². The number of unbranched alkanes of at least 4 members (excludes halogenated alkanes) is 4. The number of benzene rings is 1. The molecule has 0 aliphatic rings. The lowest BCUT2D eigenvalue weighted by atomic mass is 10.1. The molecule has 0 spiro atoms. The Labute approximate surface area is 169 Å². The standard InChI is InChI=1S/C24H34O4/c1-2-3-4-5-6-7-8-9-10-11-12-13-14-15-16-24(27)28-20-21-17-18-22(25)23(26)19-21/h3-4,6-7,9-10,17-19,25-26H,2,5,8,11-16,20H2,1H3/b4-3-,7-6-,10-9-. The zero-order valence-corrected chi connectivity index (χ0v) is 17.0. The third-order valence-electron chi connectivity index (χ3n) is 4.22. The molecule has 0 saturated heterocycles. The molecule has 0 amide bonds. The van der Waals surface area contributed by atoms with Crippen molar-refractivity contribution in [3.8, 4) is 11.5 Å². The van der Waals surface area contributed by atoms with Crippen molar-refractivity contribution in [3.05, 3.63) is 60.2 Å². The van der Waals surface area contributed by atoms with Crippen LogP contribution in [0.1, 0.15) is 70.3 Å². The zero-order chi connectivity index (χ0) is 20.5. The molecule has 1 aromatic carbocycles. The minimum Gasteiger partial charge on any atom is -0.504 e. The number of phenolic OH excluding ortho intramolecular Hbond substituents is 2. The quantitative estimate of drug-likeness (QED) is 0.169. The third-order valence-corrected chi connectivity index (χ3v) is 4.22. The molecule has 0 unspecified atom stereocenters. The maximum atomic E-state index is 11.7. The third kappa shape index (κ3) is 12.0. The molecule has 0 heterocycles. The maximum Gasteiger partial charge on any atom is 0.306 e. The van der Waals surface area contributed by atoms with E-state index in [2.05, 4.69) is 43.4 Å². The summed E-state index contributed by atoms with van der Waals surface area (Å²) in [6.07, 6.45) is 21.9. The molecule has 0 radical (unpaired) electrons. The molecule has 1 rings (SSSR count). The van der Waals surface area contributed by atoms with Crippen LogP contribution in [0, 0.1) is 0 Å². The van der Waals surface area contributed by atoms with Gasteiger partial charge in [-0.05, 0) is 56.2 Å². The van der Waals surface area contributed by atoms with E-state index >= 15 is 0 Å². The molecule has 0 atom stereocenters. The molecule has 0 aliphatic heterocycles. The van der Waals surface area contributed by atoms with E-state index in [1.807, 2.05) is 0 Å². The lowest BCUT2D eigenvalue weighted by Crippen LogP contribution is -2.04. The van der Waals surface area contributed by atoms with Gasteiger partial charge in [-0.3, -0.25) is 4.79 Å². The topological polar surface area (TPSA) is 66.8 Å². The Balaban J connectivity index is 1.97. The number of rotatable bonds is 14. The van der Waals surface area contributed by atoms with Crippen LogP contribution in [0.15, 0.2) is 54.7 Å². The summed E-state index contributed by atoms with van der Waals surface area (Å²) in [5.41, 5.74) is 0.655. The van der Waals surface area contributed by atoms with Crippen molar-refractivity contribution in [2.24, 2.45) is 0 Å². The molecule has 0 fully saturated rings. The van der Waals surface area contributed by atoms with Crippen LogP contribution in [-0.2, 0) is 16.1 Å². The van der Waals surface area contributed by atoms with E-state index in [9.17, 15) is 15.0 Å². The minimum absolute atomic E-state index is 0.112. The van der Waals surface area contributed by atoms with E-state index in [4.69, 9.17) is 4.74 Å². The van der Waals surface area contributed by atoms with Crippen LogP contribution >= 0.6 is 0 Å². The molecule has 28 heavy (non-hydrogen) atoms. The Bertz CT molecular complexity index is 644. The Morgan fingerprint density at radius 2 is 1.57 bits per heavy atom. The highest BCUT2D eigenvalue weighted by atomic mass is 16.5. The number of phenols is 2. The summed E-state index contributed by atoms with van der Waals surface area (Å²) in [5.74, 6) is -0.614. The summed E-state index contributed by atoms with van der Waals surface area (Å²) < 4.78 is 5.18. The summed E-state index contributed by atoms with van der Waals surface area (Å²) in [4.78, 5) is 11.7. The molecule has 0 aromatic heterocycles. The first-order chi connectivity index (χ1) is 13.6. The van der Waals surface area contributed by atoms with Crippen LogP contribution < -0.4 is 0 Å². The number of ether oxygens (including phenoxy) is 1. The van der Waals surface area contributed by atoms with Gasteiger partial charge in [-0.1, -0.05) is 62.3 Å². The molecular weight excluding hydrogens is 352 g/mol. The first kappa shape index (κ1) is 23.5. The van der Waals surface area contributed by atoms with Crippen LogP contribution in [0.25, 0.3) is 0 Å². The van der Waals surface area contributed by atoms with Crippen molar-refractivity contribution in [3.63, 3.8) is 0 Å². The molecule has 1 aromatic rings. The second kappa shape index (κ2) is 15.6. The summed E-state index contributed by atoms with van der Waals surface area (Å²) in [6, 6.07) is 4.40. The van der Waals surface area contributed by atoms with Gasteiger partial charge in [0.05, 0.1) is 0 Å². The number of esters is 1. The highest BCUT2D eigenvalue weighted by Gasteiger charge is 2.05. The van der Waals surface area contributed by atoms with Gasteiger partial charge >= 0.3 is 5.97 Å². The fraction of sp³-hybridized carbons (Fsp3) is 0.458. The number of hydrogen-bond acceptors (Lipinski definition) is 4. The average Bonchev–Trinajstić information content (AvgIpc) is 2.69. The monoisotopic (exact) mass is 386 g/mol. The lowest BCUT2D eigenvalue weighted by Gasteiger charge is -2.06. The lowest BCUT2D eigenvalue weighted by molar-refractivity contribution is -0.145. The van der Waals surface area contributed by atoms with E-state index in [-0.39, 0.29) is 24.1 Å². The van der Waals surface area contributed by atoms with E-state index in [0.29, 0.717) is 12.0 Å². The molecule has 2 N–H and O–H groups in total. The van der Waals surface area contributed by atoms with Crippen LogP contribution in [-0.4, -0.2) is 16.2 Å². The summed E-state index contributed by atoms with van der Waals surface area (Å²) >= 11 is 0. The Kier molecular flexibility index (Phi) is 13.1. The highest BCUT2D eigenvalue weighted by molar-refractivity contribution is 5.69. The van der Waals surface area contributed by atoms with Crippen molar-refractivity contribution < 1.29 is 19.7 Å². The van der Waals surface area contributed by atoms with E-state index in [1.54, 1.807) is 6.07 Å². The van der Waals surface area contributed by atoms with Crippen molar-refractivity contribution in [2.75, 3.05) is 0 Å². The van der Waals surface area contributed by atoms with Crippen LogP contribution in [0.4, 0.5) is 0 Å². The maximum absolute atomic E-state index is 11.7. The molecule has 0 saturated carbocycles. The van der Waals surface area contributed by atoms with Crippen molar-refractivity contribution >= 4 is 5.97 Å². The van der Waals surface area contributed by atoms with Gasteiger partial charge in [0.2, 0.25) is 0 Å². The van der Waals surface area contributed by atoms with E-state index in [1.165, 1.54) is 12.1 Å². The predicted molar refractivity (Wildman–Crippen MR) is 114 cm³/mol. The van der Waals surface area contributed by atoms with Gasteiger partial charge in [-0.2, -0.15) is 0 Å². The van der Waals surface area contributed by atoms with Crippen LogP contribution in [0.3, 0.4) is 0 Å². The highest BCUT2D eigenvalue weighted by Crippen LogP contribution is 2.25. The number of allylic oxidation sites excluding steroid dienone is 6. The van der Waals surface area contributed by atoms with E-state index in [0.717, 1.165) is 51.4 Å². The van der Waals surface area contributed by atoms with Crippen molar-refractivity contribution in [1.29, 1.82) is 0 Å². The van der Waals surface area contributed by atoms with Crippen LogP contribution in [0.5, 0.6) is 11.5 Å². The number of aromatic hydroxyl groups is 2. The van der Waals surface area contributed by atoms with Gasteiger partial charge in [0.15, 0.2) is 11.5 Å². The van der Waals surface area contributed by atoms with Crippen molar-refractivity contribution in [1.82, 2.24) is 0 Å². The molecule has 154 valence electrons. The molecule has 0 bridgehead atoms. The van der Waals surface area contributed by atoms with Gasteiger partial charge < -0.3 is 14.9 Å². The number of carbonyl (C=O) groups excluding carboxylic acids is 1. The van der Waals surface area contributed by atoms with Gasteiger partial charge in [0.1, 0.15) is 6.61 Å². The fourth-order valence-corrected chi connectivity index (χ4v) is 2.61. The predicted octanol–water partition coefficient (Wildman–Crippen LogP) is 6.34. The largest absolute Gasteiger partial charge is 0.504 e. The SMILES string of the molecule is CC/C=C\C/C=C\C/C=C\CCCCCCC(=O)OCc1ccc(O)c(O)c1. The fourth-order valence-electron chi connectivity index (χ4n) is 2.61. The minimum atomic E-state index is -0.229. The smallest absolute Gasteiger partial charge is 0.306 e. The molecule has 4 nitrogen and oxygen atoms in total. The van der Waals surface area contributed by atoms with Gasteiger partial charge in [0, 0.05) is 6.42 Å². The molecular formula is C24H34O4. The first-order valence-corrected chi connectivity index (χ1v) is 10.2. The number of hydrogen-bond donors (Lipinski definition) is 2. The summed E-state index contributed by atoms with van der Waals surface area (Å²) in [5, 5.41) is 18.7. The van der Waals surface area contributed by atoms with Crippen molar-refractivity contribution in [2.45, 2.75) is 71.3 Å². The second-order valence-electron chi connectivity index (χ2n) is 6.73. The van der Waals surface area contributed by atoms with E-state index < -0.39 is 0 Å². The average molecular weight is 387 g/mol. The van der Waals surface area contributed by atoms with Gasteiger partial charge in [0.25, 0.3) is 0 Å². The molecule has 0 aliphatic carbocycles. The Hall–Kier alpha value is -2.49. The zero-order valence-electron chi connectivity index (χ0n) is 17.0. The molecule has 4 heteroatoms. The van der Waals surface area contributed by atoms with Gasteiger partial charge in [-0.25, -0.2) is 0 Å². The Morgan fingerprint density at radius 3 is 2.29 bits per heavy atom. The van der Waals surface area contributed by atoms with Crippen LogP contribution in [0.2, 0.25) is 0 Å². The summed E-state index contributed by atoms with van der Waals surface area (Å²) in [6.45, 7) is 2.25.